The Hall–Kier alpha value is -1.87. The van der Waals surface area contributed by atoms with Crippen LogP contribution >= 0.6 is 34.4 Å². The highest BCUT2D eigenvalue weighted by molar-refractivity contribution is 14.1. The lowest BCUT2D eigenvalue weighted by molar-refractivity contribution is -0.113. The molecule has 0 aliphatic rings. The first-order chi connectivity index (χ1) is 13.0. The van der Waals surface area contributed by atoms with Crippen LogP contribution in [0.1, 0.15) is 18.1 Å². The highest BCUT2D eigenvalue weighted by atomic mass is 127. The van der Waals surface area contributed by atoms with Gasteiger partial charge in [-0.2, -0.15) is 0 Å². The molecular weight excluding hydrogens is 471 g/mol. The summed E-state index contributed by atoms with van der Waals surface area (Å²) in [6.07, 6.45) is 0. The van der Waals surface area contributed by atoms with Gasteiger partial charge in [0.1, 0.15) is 0 Å². The van der Waals surface area contributed by atoms with E-state index < -0.39 is 0 Å². The molecule has 0 radical (unpaired) electrons. The minimum absolute atomic E-state index is 0.0487. The molecule has 1 heterocycles. The third kappa shape index (κ3) is 4.70. The largest absolute Gasteiger partial charge is 0.325 e. The van der Waals surface area contributed by atoms with Gasteiger partial charge in [0.05, 0.1) is 5.75 Å². The zero-order chi connectivity index (χ0) is 19.4. The smallest absolute Gasteiger partial charge is 0.234 e. The molecule has 1 aromatic heterocycles. The maximum Gasteiger partial charge on any atom is 0.234 e. The Balaban J connectivity index is 1.71. The van der Waals surface area contributed by atoms with Crippen LogP contribution in [0.3, 0.4) is 0 Å². The molecule has 0 fully saturated rings. The maximum absolute atomic E-state index is 12.4. The second kappa shape index (κ2) is 8.88. The van der Waals surface area contributed by atoms with Crippen LogP contribution in [0.4, 0.5) is 5.69 Å². The summed E-state index contributed by atoms with van der Waals surface area (Å²) in [7, 11) is 0. The number of anilines is 1. The minimum atomic E-state index is -0.0487. The van der Waals surface area contributed by atoms with Gasteiger partial charge in [-0.15, -0.1) is 10.2 Å². The van der Waals surface area contributed by atoms with Crippen molar-refractivity contribution in [3.05, 3.63) is 57.2 Å². The molecule has 27 heavy (non-hydrogen) atoms. The van der Waals surface area contributed by atoms with Crippen LogP contribution in [0.5, 0.6) is 0 Å². The standard InChI is InChI=1S/C20H21IN4OS/c1-4-25-19(16-8-6-5-7-13(16)2)23-24-20(25)27-12-18(26)22-17-10-9-15(21)11-14(17)3/h5-11H,4,12H2,1-3H3,(H,22,26). The van der Waals surface area contributed by atoms with Crippen molar-refractivity contribution in [1.29, 1.82) is 0 Å². The Morgan fingerprint density at radius 3 is 2.63 bits per heavy atom. The quantitative estimate of drug-likeness (QED) is 0.392. The normalized spacial score (nSPS) is 10.8. The molecule has 2 aromatic carbocycles. The van der Waals surface area contributed by atoms with Gasteiger partial charge < -0.3 is 9.88 Å². The zero-order valence-corrected chi connectivity index (χ0v) is 18.5. The molecular formula is C20H21IN4OS. The molecule has 0 unspecified atom stereocenters. The second-order valence-electron chi connectivity index (χ2n) is 6.16. The number of aryl methyl sites for hydroxylation is 2. The van der Waals surface area contributed by atoms with Crippen LogP contribution in [0.25, 0.3) is 11.4 Å². The molecule has 0 bridgehead atoms. The number of aromatic nitrogens is 3. The summed E-state index contributed by atoms with van der Waals surface area (Å²) < 4.78 is 3.20. The van der Waals surface area contributed by atoms with Gasteiger partial charge in [0, 0.05) is 21.4 Å². The number of halogens is 1. The van der Waals surface area contributed by atoms with Crippen LogP contribution in [-0.2, 0) is 11.3 Å². The first-order valence-corrected chi connectivity index (χ1v) is 10.7. The summed E-state index contributed by atoms with van der Waals surface area (Å²) in [6, 6.07) is 14.1. The Morgan fingerprint density at radius 2 is 1.93 bits per heavy atom. The van der Waals surface area contributed by atoms with Crippen molar-refractivity contribution in [3.63, 3.8) is 0 Å². The third-order valence-electron chi connectivity index (χ3n) is 4.21. The van der Waals surface area contributed by atoms with Crippen molar-refractivity contribution in [1.82, 2.24) is 14.8 Å². The minimum Gasteiger partial charge on any atom is -0.325 e. The van der Waals surface area contributed by atoms with Crippen LogP contribution in [0.15, 0.2) is 47.6 Å². The Bertz CT molecular complexity index is 970. The number of hydrogen-bond donors (Lipinski definition) is 1. The van der Waals surface area contributed by atoms with E-state index in [1.54, 1.807) is 0 Å². The Kier molecular flexibility index (Phi) is 6.54. The molecule has 7 heteroatoms. The molecule has 0 aliphatic carbocycles. The molecule has 1 amide bonds. The summed E-state index contributed by atoms with van der Waals surface area (Å²) in [5.74, 6) is 1.08. The van der Waals surface area contributed by atoms with Crippen LogP contribution in [-0.4, -0.2) is 26.4 Å². The summed E-state index contributed by atoms with van der Waals surface area (Å²) in [6.45, 7) is 6.86. The number of rotatable bonds is 6. The van der Waals surface area contributed by atoms with Gasteiger partial charge in [-0.3, -0.25) is 4.79 Å². The molecule has 0 saturated carbocycles. The first kappa shape index (κ1) is 19.9. The molecule has 0 spiro atoms. The summed E-state index contributed by atoms with van der Waals surface area (Å²) >= 11 is 3.67. The third-order valence-corrected chi connectivity index (χ3v) is 5.85. The number of thioether (sulfide) groups is 1. The summed E-state index contributed by atoms with van der Waals surface area (Å²) in [5, 5.41) is 12.4. The fourth-order valence-electron chi connectivity index (χ4n) is 2.79. The topological polar surface area (TPSA) is 59.8 Å². The second-order valence-corrected chi connectivity index (χ2v) is 8.35. The first-order valence-electron chi connectivity index (χ1n) is 8.67. The van der Waals surface area contributed by atoms with E-state index in [4.69, 9.17) is 0 Å². The van der Waals surface area contributed by atoms with Crippen LogP contribution in [0.2, 0.25) is 0 Å². The van der Waals surface area contributed by atoms with Crippen LogP contribution in [0, 0.1) is 17.4 Å². The summed E-state index contributed by atoms with van der Waals surface area (Å²) in [4.78, 5) is 12.4. The predicted octanol–water partition coefficient (Wildman–Crippen LogP) is 4.92. The Labute approximate surface area is 177 Å². The van der Waals surface area contributed by atoms with E-state index in [1.807, 2.05) is 43.3 Å². The molecule has 5 nitrogen and oxygen atoms in total. The van der Waals surface area contributed by atoms with Gasteiger partial charge in [-0.1, -0.05) is 36.0 Å². The lowest BCUT2D eigenvalue weighted by Crippen LogP contribution is -2.15. The van der Waals surface area contributed by atoms with Crippen molar-refractivity contribution in [2.24, 2.45) is 0 Å². The molecule has 3 aromatic rings. The Morgan fingerprint density at radius 1 is 1.15 bits per heavy atom. The van der Waals surface area contributed by atoms with E-state index in [9.17, 15) is 4.79 Å². The number of carbonyl (C=O) groups excluding carboxylic acids is 1. The average molecular weight is 492 g/mol. The number of benzene rings is 2. The van der Waals surface area contributed by atoms with Crippen molar-refractivity contribution >= 4 is 45.9 Å². The molecule has 1 N–H and O–H groups in total. The van der Waals surface area contributed by atoms with E-state index in [-0.39, 0.29) is 11.7 Å². The van der Waals surface area contributed by atoms with Crippen LogP contribution < -0.4 is 5.32 Å². The van der Waals surface area contributed by atoms with Crippen molar-refractivity contribution in [2.75, 3.05) is 11.1 Å². The van der Waals surface area contributed by atoms with Gasteiger partial charge >= 0.3 is 0 Å². The number of carbonyl (C=O) groups is 1. The van der Waals surface area contributed by atoms with Gasteiger partial charge in [-0.05, 0) is 72.7 Å². The van der Waals surface area contributed by atoms with E-state index in [2.05, 4.69) is 62.6 Å². The van der Waals surface area contributed by atoms with E-state index in [0.29, 0.717) is 0 Å². The lowest BCUT2D eigenvalue weighted by Gasteiger charge is -2.10. The predicted molar refractivity (Wildman–Crippen MR) is 119 cm³/mol. The maximum atomic E-state index is 12.4. The van der Waals surface area contributed by atoms with Crippen molar-refractivity contribution in [3.8, 4) is 11.4 Å². The van der Waals surface area contributed by atoms with E-state index in [0.717, 1.165) is 43.5 Å². The monoisotopic (exact) mass is 492 g/mol. The fourth-order valence-corrected chi connectivity index (χ4v) is 4.24. The highest BCUT2D eigenvalue weighted by Gasteiger charge is 2.16. The zero-order valence-electron chi connectivity index (χ0n) is 15.5. The number of hydrogen-bond acceptors (Lipinski definition) is 4. The van der Waals surface area contributed by atoms with Gasteiger partial charge in [0.25, 0.3) is 0 Å². The number of amides is 1. The number of nitrogens with zero attached hydrogens (tertiary/aromatic N) is 3. The molecule has 140 valence electrons. The SMILES string of the molecule is CCn1c(SCC(=O)Nc2ccc(I)cc2C)nnc1-c1ccccc1C. The molecule has 3 rings (SSSR count). The fraction of sp³-hybridized carbons (Fsp3) is 0.250. The summed E-state index contributed by atoms with van der Waals surface area (Å²) in [5.41, 5.74) is 4.12. The lowest BCUT2D eigenvalue weighted by atomic mass is 10.1. The molecule has 0 saturated heterocycles. The van der Waals surface area contributed by atoms with Gasteiger partial charge in [-0.25, -0.2) is 0 Å². The van der Waals surface area contributed by atoms with Crippen molar-refractivity contribution in [2.45, 2.75) is 32.5 Å². The van der Waals surface area contributed by atoms with E-state index >= 15 is 0 Å². The van der Waals surface area contributed by atoms with E-state index in [1.165, 1.54) is 11.8 Å². The number of nitrogens with one attached hydrogen (secondary N) is 1. The molecule has 0 atom stereocenters. The van der Waals surface area contributed by atoms with Crippen molar-refractivity contribution < 1.29 is 4.79 Å². The average Bonchev–Trinajstić information content (AvgIpc) is 3.05. The molecule has 0 aliphatic heterocycles. The van der Waals surface area contributed by atoms with Gasteiger partial charge in [0.2, 0.25) is 5.91 Å². The highest BCUT2D eigenvalue weighted by Crippen LogP contribution is 2.26. The van der Waals surface area contributed by atoms with Gasteiger partial charge in [0.15, 0.2) is 11.0 Å².